The molecule has 1 heterocycles. The quantitative estimate of drug-likeness (QED) is 0.477. The predicted molar refractivity (Wildman–Crippen MR) is 85.0 cm³/mol. The maximum Gasteiger partial charge on any atom is 0.336 e. The van der Waals surface area contributed by atoms with Crippen molar-refractivity contribution < 1.29 is 9.15 Å². The van der Waals surface area contributed by atoms with Crippen LogP contribution in [0.4, 0.5) is 0 Å². The van der Waals surface area contributed by atoms with Crippen molar-refractivity contribution >= 4 is 23.6 Å². The Hall–Kier alpha value is -1.42. The van der Waals surface area contributed by atoms with Crippen LogP contribution in [0.1, 0.15) is 31.2 Å². The SMILES string of the molecule is Cc1cc(=O)oc2cc(OCCCCCCS)ccc12. The molecule has 0 saturated heterocycles. The van der Waals surface area contributed by atoms with E-state index in [1.54, 1.807) is 6.07 Å². The van der Waals surface area contributed by atoms with Crippen molar-refractivity contribution in [3.63, 3.8) is 0 Å². The van der Waals surface area contributed by atoms with Crippen LogP contribution in [0.25, 0.3) is 11.0 Å². The van der Waals surface area contributed by atoms with Crippen LogP contribution in [0, 0.1) is 6.92 Å². The maximum absolute atomic E-state index is 11.4. The fourth-order valence-electron chi connectivity index (χ4n) is 2.15. The van der Waals surface area contributed by atoms with Gasteiger partial charge in [0.05, 0.1) is 6.61 Å². The van der Waals surface area contributed by atoms with Crippen molar-refractivity contribution in [3.8, 4) is 5.75 Å². The van der Waals surface area contributed by atoms with Gasteiger partial charge in [0.15, 0.2) is 0 Å². The van der Waals surface area contributed by atoms with Crippen molar-refractivity contribution in [1.29, 1.82) is 0 Å². The molecule has 0 aliphatic heterocycles. The lowest BCUT2D eigenvalue weighted by Crippen LogP contribution is -2.00. The third kappa shape index (κ3) is 4.04. The summed E-state index contributed by atoms with van der Waals surface area (Å²) in [6, 6.07) is 7.15. The van der Waals surface area contributed by atoms with Gasteiger partial charge in [0.25, 0.3) is 0 Å². The molecule has 1 aromatic heterocycles. The van der Waals surface area contributed by atoms with Crippen LogP contribution in [-0.4, -0.2) is 12.4 Å². The molecule has 3 nitrogen and oxygen atoms in total. The third-order valence-corrected chi connectivity index (χ3v) is 3.56. The molecule has 0 aliphatic rings. The lowest BCUT2D eigenvalue weighted by atomic mass is 10.1. The van der Waals surface area contributed by atoms with Gasteiger partial charge in [0, 0.05) is 17.5 Å². The summed E-state index contributed by atoms with van der Waals surface area (Å²) in [7, 11) is 0. The van der Waals surface area contributed by atoms with E-state index < -0.39 is 0 Å². The molecular weight excluding hydrogens is 272 g/mol. The zero-order valence-corrected chi connectivity index (χ0v) is 12.6. The molecule has 0 fully saturated rings. The van der Waals surface area contributed by atoms with Gasteiger partial charge in [-0.3, -0.25) is 0 Å². The van der Waals surface area contributed by atoms with E-state index in [-0.39, 0.29) is 5.63 Å². The van der Waals surface area contributed by atoms with E-state index >= 15 is 0 Å². The monoisotopic (exact) mass is 292 g/mol. The second-order valence-corrected chi connectivity index (χ2v) is 5.34. The van der Waals surface area contributed by atoms with E-state index in [4.69, 9.17) is 9.15 Å². The summed E-state index contributed by atoms with van der Waals surface area (Å²) in [4.78, 5) is 11.4. The van der Waals surface area contributed by atoms with Crippen LogP contribution in [0.5, 0.6) is 5.75 Å². The predicted octanol–water partition coefficient (Wildman–Crippen LogP) is 3.97. The normalized spacial score (nSPS) is 10.9. The first-order chi connectivity index (χ1) is 9.70. The molecule has 108 valence electrons. The van der Waals surface area contributed by atoms with Gasteiger partial charge in [0.1, 0.15) is 11.3 Å². The Morgan fingerprint density at radius 1 is 1.15 bits per heavy atom. The molecule has 0 amide bonds. The summed E-state index contributed by atoms with van der Waals surface area (Å²) in [6.07, 6.45) is 4.54. The van der Waals surface area contributed by atoms with E-state index in [9.17, 15) is 4.79 Å². The van der Waals surface area contributed by atoms with Crippen molar-refractivity contribution in [2.24, 2.45) is 0 Å². The van der Waals surface area contributed by atoms with E-state index in [1.807, 2.05) is 19.1 Å². The summed E-state index contributed by atoms with van der Waals surface area (Å²) in [5.41, 5.74) is 1.19. The van der Waals surface area contributed by atoms with Crippen LogP contribution in [0.2, 0.25) is 0 Å². The Morgan fingerprint density at radius 3 is 2.75 bits per heavy atom. The van der Waals surface area contributed by atoms with Gasteiger partial charge in [-0.1, -0.05) is 12.8 Å². The van der Waals surface area contributed by atoms with Gasteiger partial charge in [-0.05, 0) is 43.2 Å². The fourth-order valence-corrected chi connectivity index (χ4v) is 2.38. The molecule has 0 aliphatic carbocycles. The van der Waals surface area contributed by atoms with Gasteiger partial charge < -0.3 is 9.15 Å². The number of hydrogen-bond acceptors (Lipinski definition) is 4. The van der Waals surface area contributed by atoms with Crippen LogP contribution >= 0.6 is 12.6 Å². The van der Waals surface area contributed by atoms with E-state index in [1.165, 1.54) is 12.5 Å². The number of benzene rings is 1. The highest BCUT2D eigenvalue weighted by atomic mass is 32.1. The molecule has 0 spiro atoms. The average molecular weight is 292 g/mol. The minimum absolute atomic E-state index is 0.320. The Kier molecular flexibility index (Phi) is 5.53. The van der Waals surface area contributed by atoms with Gasteiger partial charge >= 0.3 is 5.63 Å². The first-order valence-corrected chi connectivity index (χ1v) is 7.62. The number of ether oxygens (including phenoxy) is 1. The Morgan fingerprint density at radius 2 is 1.95 bits per heavy atom. The summed E-state index contributed by atoms with van der Waals surface area (Å²) >= 11 is 4.19. The van der Waals surface area contributed by atoms with E-state index in [0.29, 0.717) is 12.2 Å². The first-order valence-electron chi connectivity index (χ1n) is 6.99. The topological polar surface area (TPSA) is 39.4 Å². The fraction of sp³-hybridized carbons (Fsp3) is 0.438. The van der Waals surface area contributed by atoms with Crippen LogP contribution in [-0.2, 0) is 0 Å². The Labute approximate surface area is 124 Å². The van der Waals surface area contributed by atoms with Crippen LogP contribution in [0.3, 0.4) is 0 Å². The zero-order valence-electron chi connectivity index (χ0n) is 11.7. The highest BCUT2D eigenvalue weighted by Gasteiger charge is 2.04. The van der Waals surface area contributed by atoms with Crippen LogP contribution < -0.4 is 10.4 Å². The number of rotatable bonds is 7. The minimum atomic E-state index is -0.320. The van der Waals surface area contributed by atoms with Gasteiger partial charge in [-0.25, -0.2) is 4.79 Å². The van der Waals surface area contributed by atoms with Crippen molar-refractivity contribution in [2.45, 2.75) is 32.6 Å². The van der Waals surface area contributed by atoms with E-state index in [2.05, 4.69) is 12.6 Å². The summed E-state index contributed by atoms with van der Waals surface area (Å²) in [5, 5.41) is 0.950. The highest BCUT2D eigenvalue weighted by molar-refractivity contribution is 7.80. The van der Waals surface area contributed by atoms with Gasteiger partial charge in [-0.15, -0.1) is 0 Å². The van der Waals surface area contributed by atoms with Crippen molar-refractivity contribution in [2.75, 3.05) is 12.4 Å². The third-order valence-electron chi connectivity index (χ3n) is 3.24. The van der Waals surface area contributed by atoms with Crippen LogP contribution in [0.15, 0.2) is 33.5 Å². The highest BCUT2D eigenvalue weighted by Crippen LogP contribution is 2.22. The Balaban J connectivity index is 1.96. The maximum atomic E-state index is 11.4. The lowest BCUT2D eigenvalue weighted by molar-refractivity contribution is 0.305. The number of aryl methyl sites for hydroxylation is 1. The average Bonchev–Trinajstić information content (AvgIpc) is 2.42. The van der Waals surface area contributed by atoms with Crippen molar-refractivity contribution in [1.82, 2.24) is 0 Å². The molecule has 0 unspecified atom stereocenters. The van der Waals surface area contributed by atoms with Gasteiger partial charge in [-0.2, -0.15) is 12.6 Å². The smallest absolute Gasteiger partial charge is 0.336 e. The Bertz CT molecular complexity index is 619. The molecule has 0 atom stereocenters. The van der Waals surface area contributed by atoms with Gasteiger partial charge in [0.2, 0.25) is 0 Å². The molecule has 0 bridgehead atoms. The number of fused-ring (bicyclic) bond motifs is 1. The molecule has 0 saturated carbocycles. The molecule has 2 rings (SSSR count). The standard InChI is InChI=1S/C16H20O3S/c1-12-10-16(17)19-15-11-13(6-7-14(12)15)18-8-4-2-3-5-9-20/h6-7,10-11,20H,2-5,8-9H2,1H3. The second-order valence-electron chi connectivity index (χ2n) is 4.89. The number of hydrogen-bond donors (Lipinski definition) is 1. The molecule has 0 N–H and O–H groups in total. The zero-order chi connectivity index (χ0) is 14.4. The lowest BCUT2D eigenvalue weighted by Gasteiger charge is -2.07. The molecule has 4 heteroatoms. The molecule has 2 aromatic rings. The molecule has 1 aromatic carbocycles. The van der Waals surface area contributed by atoms with E-state index in [0.717, 1.165) is 41.7 Å². The first kappa shape index (κ1) is 15.0. The van der Waals surface area contributed by atoms with Crippen molar-refractivity contribution in [3.05, 3.63) is 40.2 Å². The number of thiol groups is 1. The number of unbranched alkanes of at least 4 members (excludes halogenated alkanes) is 3. The molecule has 0 radical (unpaired) electrons. The summed E-state index contributed by atoms with van der Waals surface area (Å²) < 4.78 is 10.9. The second kappa shape index (κ2) is 7.39. The largest absolute Gasteiger partial charge is 0.493 e. The summed E-state index contributed by atoms with van der Waals surface area (Å²) in [6.45, 7) is 2.59. The molecular formula is C16H20O3S. The minimum Gasteiger partial charge on any atom is -0.493 e. The summed E-state index contributed by atoms with van der Waals surface area (Å²) in [5.74, 6) is 1.70. The molecule has 20 heavy (non-hydrogen) atoms.